The first-order valence-electron chi connectivity index (χ1n) is 3.47. The van der Waals surface area contributed by atoms with Crippen molar-refractivity contribution in [3.05, 3.63) is 36.6 Å². The normalized spacial score (nSPS) is 11.6. The van der Waals surface area contributed by atoms with Crippen molar-refractivity contribution < 1.29 is 14.6 Å². The topological polar surface area (TPSA) is 46.5 Å². The number of ether oxygens (including phenoxy) is 1. The molecule has 0 aliphatic carbocycles. The van der Waals surface area contributed by atoms with Gasteiger partial charge in [-0.2, -0.15) is 0 Å². The fourth-order valence-corrected chi connectivity index (χ4v) is 0.493. The predicted octanol–water partition coefficient (Wildman–Crippen LogP) is 1.73. The van der Waals surface area contributed by atoms with E-state index >= 15 is 0 Å². The van der Waals surface area contributed by atoms with Crippen LogP contribution >= 0.6 is 0 Å². The summed E-state index contributed by atoms with van der Waals surface area (Å²) in [7, 11) is 0. The molecule has 0 saturated heterocycles. The molecule has 0 atom stereocenters. The molecule has 0 spiro atoms. The Hall–Kier alpha value is -1.51. The van der Waals surface area contributed by atoms with Gasteiger partial charge in [0.1, 0.15) is 0 Å². The average Bonchev–Trinajstić information content (AvgIpc) is 2.01. The molecule has 0 heterocycles. The van der Waals surface area contributed by atoms with E-state index in [1.165, 1.54) is 0 Å². The molecule has 3 heteroatoms. The van der Waals surface area contributed by atoms with Crippen molar-refractivity contribution >= 4 is 5.97 Å². The predicted molar refractivity (Wildman–Crippen MR) is 46.7 cm³/mol. The summed E-state index contributed by atoms with van der Waals surface area (Å²) in [5.41, 5.74) is 0. The smallest absolute Gasteiger partial charge is 0.341 e. The van der Waals surface area contributed by atoms with Crippen LogP contribution in [-0.4, -0.2) is 17.7 Å². The van der Waals surface area contributed by atoms with Crippen molar-refractivity contribution in [1.29, 1.82) is 0 Å². The molecule has 0 radical (unpaired) electrons. The van der Waals surface area contributed by atoms with Gasteiger partial charge >= 0.3 is 5.97 Å². The zero-order chi connectivity index (χ0) is 9.40. The van der Waals surface area contributed by atoms with Crippen LogP contribution < -0.4 is 0 Å². The van der Waals surface area contributed by atoms with Gasteiger partial charge < -0.3 is 9.84 Å². The maximum absolute atomic E-state index is 10.0. The van der Waals surface area contributed by atoms with Gasteiger partial charge in [0.15, 0.2) is 6.61 Å². The molecule has 0 amide bonds. The third-order valence-corrected chi connectivity index (χ3v) is 1.00. The number of allylic oxidation sites excluding steroid dienone is 5. The molecular weight excluding hydrogens is 156 g/mol. The van der Waals surface area contributed by atoms with E-state index in [0.29, 0.717) is 5.76 Å². The highest BCUT2D eigenvalue weighted by molar-refractivity contribution is 5.68. The second-order valence-electron chi connectivity index (χ2n) is 2.08. The Balaban J connectivity index is 3.77. The molecule has 0 aliphatic heterocycles. The maximum atomic E-state index is 10.0. The third kappa shape index (κ3) is 6.61. The lowest BCUT2D eigenvalue weighted by atomic mass is 10.4. The molecule has 0 aliphatic rings. The molecular formula is C9H12O3. The molecule has 12 heavy (non-hydrogen) atoms. The summed E-state index contributed by atoms with van der Waals surface area (Å²) in [6.07, 6.45) is 6.75. The third-order valence-electron chi connectivity index (χ3n) is 1.00. The van der Waals surface area contributed by atoms with E-state index in [1.807, 2.05) is 0 Å². The van der Waals surface area contributed by atoms with Crippen LogP contribution in [0.15, 0.2) is 36.6 Å². The molecule has 66 valence electrons. The minimum atomic E-state index is -0.976. The number of hydrogen-bond acceptors (Lipinski definition) is 2. The SMILES string of the molecule is C=C/C=C\C=C(/C)OCC(=O)O. The zero-order valence-electron chi connectivity index (χ0n) is 6.99. The molecule has 0 aromatic heterocycles. The Labute approximate surface area is 71.7 Å². The van der Waals surface area contributed by atoms with E-state index in [1.54, 1.807) is 31.2 Å². The fraction of sp³-hybridized carbons (Fsp3) is 0.222. The summed E-state index contributed by atoms with van der Waals surface area (Å²) in [4.78, 5) is 10.0. The van der Waals surface area contributed by atoms with E-state index in [-0.39, 0.29) is 6.61 Å². The number of hydrogen-bond donors (Lipinski definition) is 1. The molecule has 0 saturated carbocycles. The Bertz CT molecular complexity index is 214. The van der Waals surface area contributed by atoms with Crippen molar-refractivity contribution in [2.45, 2.75) is 6.92 Å². The van der Waals surface area contributed by atoms with Gasteiger partial charge in [0, 0.05) is 0 Å². The number of carboxylic acid groups (broad SMARTS) is 1. The lowest BCUT2D eigenvalue weighted by Crippen LogP contribution is -2.05. The van der Waals surface area contributed by atoms with Crippen LogP contribution in [0.5, 0.6) is 0 Å². The molecule has 0 aromatic carbocycles. The van der Waals surface area contributed by atoms with Gasteiger partial charge in [-0.3, -0.25) is 0 Å². The van der Waals surface area contributed by atoms with E-state index in [2.05, 4.69) is 6.58 Å². The van der Waals surface area contributed by atoms with Gasteiger partial charge in [0.05, 0.1) is 5.76 Å². The van der Waals surface area contributed by atoms with E-state index in [0.717, 1.165) is 0 Å². The first-order valence-corrected chi connectivity index (χ1v) is 3.47. The maximum Gasteiger partial charge on any atom is 0.341 e. The summed E-state index contributed by atoms with van der Waals surface area (Å²) in [6, 6.07) is 0. The second-order valence-corrected chi connectivity index (χ2v) is 2.08. The van der Waals surface area contributed by atoms with Gasteiger partial charge in [0.2, 0.25) is 0 Å². The van der Waals surface area contributed by atoms with E-state index in [9.17, 15) is 4.79 Å². The van der Waals surface area contributed by atoms with Crippen LogP contribution in [0.3, 0.4) is 0 Å². The van der Waals surface area contributed by atoms with Gasteiger partial charge in [-0.05, 0) is 13.0 Å². The minimum Gasteiger partial charge on any atom is -0.487 e. The fourth-order valence-electron chi connectivity index (χ4n) is 0.493. The van der Waals surface area contributed by atoms with Crippen LogP contribution in [0.25, 0.3) is 0 Å². The van der Waals surface area contributed by atoms with Crippen molar-refractivity contribution in [2.75, 3.05) is 6.61 Å². The Morgan fingerprint density at radius 2 is 2.25 bits per heavy atom. The summed E-state index contributed by atoms with van der Waals surface area (Å²) < 4.78 is 4.83. The van der Waals surface area contributed by atoms with Crippen LogP contribution in [0.2, 0.25) is 0 Å². The Morgan fingerprint density at radius 1 is 1.58 bits per heavy atom. The molecule has 0 rings (SSSR count). The molecule has 0 unspecified atom stereocenters. The van der Waals surface area contributed by atoms with Crippen LogP contribution in [0.1, 0.15) is 6.92 Å². The quantitative estimate of drug-likeness (QED) is 0.502. The molecule has 3 nitrogen and oxygen atoms in total. The number of carbonyl (C=O) groups is 1. The lowest BCUT2D eigenvalue weighted by Gasteiger charge is -1.99. The number of aliphatic carboxylic acids is 1. The van der Waals surface area contributed by atoms with Crippen molar-refractivity contribution in [3.63, 3.8) is 0 Å². The first kappa shape index (κ1) is 10.5. The molecule has 1 N–H and O–H groups in total. The largest absolute Gasteiger partial charge is 0.487 e. The summed E-state index contributed by atoms with van der Waals surface area (Å²) >= 11 is 0. The minimum absolute atomic E-state index is 0.301. The molecule has 0 bridgehead atoms. The van der Waals surface area contributed by atoms with E-state index < -0.39 is 5.97 Å². The highest BCUT2D eigenvalue weighted by Crippen LogP contribution is 1.95. The number of rotatable bonds is 5. The van der Waals surface area contributed by atoms with Crippen LogP contribution in [-0.2, 0) is 9.53 Å². The number of carboxylic acids is 1. The van der Waals surface area contributed by atoms with E-state index in [4.69, 9.17) is 9.84 Å². The molecule has 0 aromatic rings. The van der Waals surface area contributed by atoms with Gasteiger partial charge in [-0.1, -0.05) is 24.8 Å². The highest BCUT2D eigenvalue weighted by atomic mass is 16.5. The van der Waals surface area contributed by atoms with Crippen molar-refractivity contribution in [1.82, 2.24) is 0 Å². The van der Waals surface area contributed by atoms with Crippen LogP contribution in [0, 0.1) is 0 Å². The standard InChI is InChI=1S/C9H12O3/c1-3-4-5-6-8(2)12-7-9(10)11/h3-6H,1,7H2,2H3,(H,10,11)/b5-4-,8-6+. The first-order chi connectivity index (χ1) is 5.66. The average molecular weight is 168 g/mol. The van der Waals surface area contributed by atoms with Gasteiger partial charge in [-0.15, -0.1) is 0 Å². The lowest BCUT2D eigenvalue weighted by molar-refractivity contribution is -0.140. The monoisotopic (exact) mass is 168 g/mol. The second kappa shape index (κ2) is 6.22. The van der Waals surface area contributed by atoms with Gasteiger partial charge in [0.25, 0.3) is 0 Å². The zero-order valence-corrected chi connectivity index (χ0v) is 6.99. The van der Waals surface area contributed by atoms with Crippen molar-refractivity contribution in [2.24, 2.45) is 0 Å². The van der Waals surface area contributed by atoms with Crippen LogP contribution in [0.4, 0.5) is 0 Å². The highest BCUT2D eigenvalue weighted by Gasteiger charge is 1.95. The Kier molecular flexibility index (Phi) is 5.43. The summed E-state index contributed by atoms with van der Waals surface area (Å²) in [6.45, 7) is 4.87. The summed E-state index contributed by atoms with van der Waals surface area (Å²) in [5, 5.41) is 8.25. The van der Waals surface area contributed by atoms with Gasteiger partial charge in [-0.25, -0.2) is 4.79 Å². The summed E-state index contributed by atoms with van der Waals surface area (Å²) in [5.74, 6) is -0.411. The Morgan fingerprint density at radius 3 is 2.75 bits per heavy atom. The molecule has 0 fully saturated rings. The van der Waals surface area contributed by atoms with Crippen molar-refractivity contribution in [3.8, 4) is 0 Å².